The molecule has 0 saturated carbocycles. The lowest BCUT2D eigenvalue weighted by molar-refractivity contribution is -0.275. The normalized spacial score (nSPS) is 50.5. The fraction of sp³-hybridized carbons (Fsp3) is 0.857. The van der Waals surface area contributed by atoms with Crippen LogP contribution in [-0.4, -0.2) is 149 Å². The van der Waals surface area contributed by atoms with Gasteiger partial charge < -0.3 is 58.3 Å². The van der Waals surface area contributed by atoms with E-state index in [1.165, 1.54) is 0 Å². The standard InChI is InChI=1S/C42H62O14/c1-19-13-25-7-9-28-20(2)14-24(49-28)6-5-23(44)15-32-36(47)41-42(55-32)37(48)40-30(54-41)10-8-26(51-40)16-35(46)56-39-22(4)38-33(17-27(45)29(53-38)11-12-43)52-34(39)18-31(50-25)21(19)3/h19,22,24-34,36-43,45,47-48H,2-3,5-18H2,1,4H3/t19?,22-,24?,25?,26?,27?,28-,29?,30?,31?,32?,33-,34-,36-,37?,38-,39?,40-,41-,42?/m0/s1. The molecule has 8 aliphatic rings. The highest BCUT2D eigenvalue weighted by Gasteiger charge is 2.57. The van der Waals surface area contributed by atoms with Gasteiger partial charge in [0.1, 0.15) is 42.4 Å². The van der Waals surface area contributed by atoms with Crippen molar-refractivity contribution in [2.45, 2.75) is 207 Å². The number of Topliss-reactive ketones (excluding diaryl/α,β-unsaturated/α-hetero) is 1. The third-order valence-corrected chi connectivity index (χ3v) is 14.0. The molecule has 8 bridgehead atoms. The fourth-order valence-corrected chi connectivity index (χ4v) is 10.8. The predicted octanol–water partition coefficient (Wildman–Crippen LogP) is 2.38. The quantitative estimate of drug-likeness (QED) is 0.236. The highest BCUT2D eigenvalue weighted by atomic mass is 16.6. The predicted molar refractivity (Wildman–Crippen MR) is 197 cm³/mol. The summed E-state index contributed by atoms with van der Waals surface area (Å²) in [6.45, 7) is 12.7. The van der Waals surface area contributed by atoms with Crippen LogP contribution in [-0.2, 0) is 47.5 Å². The third kappa shape index (κ3) is 8.32. The van der Waals surface area contributed by atoms with Crippen LogP contribution in [0.15, 0.2) is 24.3 Å². The van der Waals surface area contributed by atoms with E-state index in [1.807, 2.05) is 6.92 Å². The number of esters is 1. The van der Waals surface area contributed by atoms with Crippen molar-refractivity contribution in [1.82, 2.24) is 0 Å². The first-order valence-corrected chi connectivity index (χ1v) is 21.2. The maximum absolute atomic E-state index is 13.9. The minimum absolute atomic E-state index is 0.00469. The van der Waals surface area contributed by atoms with Crippen molar-refractivity contribution in [3.05, 3.63) is 24.3 Å². The Morgan fingerprint density at radius 1 is 0.625 bits per heavy atom. The molecule has 56 heavy (non-hydrogen) atoms. The zero-order valence-electron chi connectivity index (χ0n) is 32.7. The van der Waals surface area contributed by atoms with Crippen LogP contribution in [0.25, 0.3) is 0 Å². The second kappa shape index (κ2) is 17.0. The van der Waals surface area contributed by atoms with Gasteiger partial charge in [-0.2, -0.15) is 0 Å². The van der Waals surface area contributed by atoms with Crippen molar-refractivity contribution in [2.24, 2.45) is 11.8 Å². The van der Waals surface area contributed by atoms with Gasteiger partial charge in [-0.3, -0.25) is 9.59 Å². The molecule has 314 valence electrons. The lowest BCUT2D eigenvalue weighted by atomic mass is 9.79. The molecule has 4 N–H and O–H groups in total. The Labute approximate surface area is 329 Å². The van der Waals surface area contributed by atoms with Gasteiger partial charge >= 0.3 is 5.97 Å². The van der Waals surface area contributed by atoms with Gasteiger partial charge in [-0.1, -0.05) is 27.0 Å². The van der Waals surface area contributed by atoms with Gasteiger partial charge in [0, 0.05) is 38.2 Å². The molecule has 8 fully saturated rings. The molecule has 14 nitrogen and oxygen atoms in total. The van der Waals surface area contributed by atoms with Crippen molar-refractivity contribution in [2.75, 3.05) is 6.61 Å². The molecule has 0 aromatic rings. The smallest absolute Gasteiger partial charge is 0.308 e. The van der Waals surface area contributed by atoms with E-state index in [0.29, 0.717) is 38.5 Å². The molecule has 0 spiro atoms. The third-order valence-electron chi connectivity index (χ3n) is 14.0. The van der Waals surface area contributed by atoms with Crippen molar-refractivity contribution < 1.29 is 67.9 Å². The summed E-state index contributed by atoms with van der Waals surface area (Å²) in [6, 6.07) is 0. The first-order valence-electron chi connectivity index (χ1n) is 21.2. The van der Waals surface area contributed by atoms with Crippen LogP contribution in [0, 0.1) is 11.8 Å². The Hall–Kier alpha value is -1.82. The number of hydrogen-bond acceptors (Lipinski definition) is 14. The number of ether oxygens (including phenoxy) is 8. The van der Waals surface area contributed by atoms with Crippen LogP contribution in [0.3, 0.4) is 0 Å². The van der Waals surface area contributed by atoms with Crippen LogP contribution in [0.5, 0.6) is 0 Å². The monoisotopic (exact) mass is 790 g/mol. The molecule has 0 aromatic heterocycles. The fourth-order valence-electron chi connectivity index (χ4n) is 10.8. The summed E-state index contributed by atoms with van der Waals surface area (Å²) in [5.41, 5.74) is 1.97. The van der Waals surface area contributed by atoms with Gasteiger partial charge in [-0.15, -0.1) is 0 Å². The maximum Gasteiger partial charge on any atom is 0.308 e. The van der Waals surface area contributed by atoms with Crippen LogP contribution in [0.4, 0.5) is 0 Å². The molecule has 0 aliphatic carbocycles. The van der Waals surface area contributed by atoms with Crippen molar-refractivity contribution in [3.63, 3.8) is 0 Å². The summed E-state index contributed by atoms with van der Waals surface area (Å²) in [5.74, 6) is -0.665. The maximum atomic E-state index is 13.9. The Balaban J connectivity index is 1.03. The van der Waals surface area contributed by atoms with Gasteiger partial charge in [0.05, 0.1) is 79.7 Å². The first kappa shape index (κ1) is 40.9. The molecule has 14 heteroatoms. The van der Waals surface area contributed by atoms with E-state index >= 15 is 0 Å². The van der Waals surface area contributed by atoms with Crippen molar-refractivity contribution in [1.29, 1.82) is 0 Å². The Morgan fingerprint density at radius 3 is 2.14 bits per heavy atom. The summed E-state index contributed by atoms with van der Waals surface area (Å²) < 4.78 is 51.3. The minimum Gasteiger partial charge on any atom is -0.459 e. The van der Waals surface area contributed by atoms with Crippen LogP contribution in [0.2, 0.25) is 0 Å². The Bertz CT molecular complexity index is 1460. The first-order chi connectivity index (χ1) is 26.9. The molecular formula is C42H62O14. The molecule has 8 aliphatic heterocycles. The van der Waals surface area contributed by atoms with Crippen LogP contribution < -0.4 is 0 Å². The lowest BCUT2D eigenvalue weighted by Crippen LogP contribution is -2.62. The molecule has 0 radical (unpaired) electrons. The highest BCUT2D eigenvalue weighted by molar-refractivity contribution is 5.79. The average Bonchev–Trinajstić information content (AvgIpc) is 3.68. The summed E-state index contributed by atoms with van der Waals surface area (Å²) >= 11 is 0. The molecule has 0 aromatic carbocycles. The molecule has 8 heterocycles. The van der Waals surface area contributed by atoms with Gasteiger partial charge in [-0.05, 0) is 68.4 Å². The highest BCUT2D eigenvalue weighted by Crippen LogP contribution is 2.44. The van der Waals surface area contributed by atoms with Crippen molar-refractivity contribution >= 4 is 11.8 Å². The number of rotatable bonds is 2. The second-order valence-corrected chi connectivity index (χ2v) is 17.9. The molecule has 8 rings (SSSR count). The minimum atomic E-state index is -1.13. The summed E-state index contributed by atoms with van der Waals surface area (Å²) in [7, 11) is 0. The van der Waals surface area contributed by atoms with E-state index in [2.05, 4.69) is 20.1 Å². The molecule has 0 amide bonds. The topological polar surface area (TPSA) is 189 Å². The van der Waals surface area contributed by atoms with Gasteiger partial charge in [0.2, 0.25) is 0 Å². The Morgan fingerprint density at radius 2 is 1.34 bits per heavy atom. The summed E-state index contributed by atoms with van der Waals surface area (Å²) in [6.07, 6.45) is -5.21. The second-order valence-electron chi connectivity index (χ2n) is 17.9. The van der Waals surface area contributed by atoms with E-state index < -0.39 is 91.4 Å². The number of hydrogen-bond donors (Lipinski definition) is 4. The number of aliphatic hydroxyl groups is 4. The number of fused-ring (bicyclic) bond motifs is 8. The molecule has 12 unspecified atom stereocenters. The number of carbonyl (C=O) groups is 2. The number of aliphatic hydroxyl groups excluding tert-OH is 4. The number of ketones is 1. The molecule has 8 saturated heterocycles. The van der Waals surface area contributed by atoms with E-state index in [-0.39, 0.29) is 74.3 Å². The molecular weight excluding hydrogens is 728 g/mol. The zero-order chi connectivity index (χ0) is 39.4. The average molecular weight is 791 g/mol. The lowest BCUT2D eigenvalue weighted by Gasteiger charge is -2.51. The Kier molecular flexibility index (Phi) is 12.5. The largest absolute Gasteiger partial charge is 0.459 e. The van der Waals surface area contributed by atoms with Gasteiger partial charge in [-0.25, -0.2) is 0 Å². The SMILES string of the molecule is C=C1C(C)CC2CC[C@@H]3OC(CCC(=O)CC4OC5C(O)[C@H]6OC(CCC6O[C@H]5[C@H]4O)CC(=O)OC4[C@H](CC1O2)O[C@H]1CC(O)C(CCO)O[C@H]1[C@@H]4C)CC3=C. The van der Waals surface area contributed by atoms with Crippen LogP contribution in [0.1, 0.15) is 97.3 Å². The summed E-state index contributed by atoms with van der Waals surface area (Å²) in [4.78, 5) is 27.0. The van der Waals surface area contributed by atoms with Crippen molar-refractivity contribution in [3.8, 4) is 0 Å². The van der Waals surface area contributed by atoms with E-state index in [0.717, 1.165) is 30.4 Å². The van der Waals surface area contributed by atoms with Crippen LogP contribution >= 0.6 is 0 Å². The molecule has 20 atom stereocenters. The summed E-state index contributed by atoms with van der Waals surface area (Å²) in [5, 5.41) is 43.2. The van der Waals surface area contributed by atoms with E-state index in [1.54, 1.807) is 0 Å². The van der Waals surface area contributed by atoms with E-state index in [9.17, 15) is 30.0 Å². The van der Waals surface area contributed by atoms with Gasteiger partial charge in [0.25, 0.3) is 0 Å². The van der Waals surface area contributed by atoms with E-state index in [4.69, 9.17) is 37.9 Å². The zero-order valence-corrected chi connectivity index (χ0v) is 32.7. The number of carbonyl (C=O) groups excluding carboxylic acids is 2. The van der Waals surface area contributed by atoms with Gasteiger partial charge in [0.15, 0.2) is 0 Å².